The number of pyridine rings is 1. The number of hydrogen-bond donors (Lipinski definition) is 1. The van der Waals surface area contributed by atoms with E-state index in [2.05, 4.69) is 27.1 Å². The third-order valence-corrected chi connectivity index (χ3v) is 7.24. The van der Waals surface area contributed by atoms with E-state index in [1.165, 1.54) is 23.2 Å². The maximum Gasteiger partial charge on any atom is 0.333 e. The Morgan fingerprint density at radius 2 is 1.94 bits per heavy atom. The van der Waals surface area contributed by atoms with Gasteiger partial charge >= 0.3 is 5.69 Å². The van der Waals surface area contributed by atoms with E-state index in [0.29, 0.717) is 11.4 Å². The summed E-state index contributed by atoms with van der Waals surface area (Å²) < 4.78 is 29.2. The van der Waals surface area contributed by atoms with Crippen LogP contribution >= 0.6 is 0 Å². The van der Waals surface area contributed by atoms with E-state index >= 15 is 0 Å². The summed E-state index contributed by atoms with van der Waals surface area (Å²) in [5, 5.41) is 3.00. The number of imidazole rings is 1. The first-order chi connectivity index (χ1) is 15.6. The summed E-state index contributed by atoms with van der Waals surface area (Å²) in [5.41, 5.74) is -0.425. The van der Waals surface area contributed by atoms with Gasteiger partial charge in [0.15, 0.2) is 11.2 Å². The molecule has 0 aromatic carbocycles. The molecule has 33 heavy (non-hydrogen) atoms. The molecular formula is C22H26N6O4S. The number of nitrogens with one attached hydrogen (secondary N) is 1. The van der Waals surface area contributed by atoms with Crippen LogP contribution in [0.1, 0.15) is 32.3 Å². The Bertz CT molecular complexity index is 1510. The topological polar surface area (TPSA) is 121 Å². The summed E-state index contributed by atoms with van der Waals surface area (Å²) in [6.07, 6.45) is 3.38. The van der Waals surface area contributed by atoms with E-state index < -0.39 is 21.1 Å². The summed E-state index contributed by atoms with van der Waals surface area (Å²) in [6, 6.07) is 3.77. The van der Waals surface area contributed by atoms with E-state index in [9.17, 15) is 18.0 Å². The fourth-order valence-corrected chi connectivity index (χ4v) is 5.44. The lowest BCUT2D eigenvalue weighted by Gasteiger charge is -2.08. The summed E-state index contributed by atoms with van der Waals surface area (Å²) in [4.78, 5) is 34.1. The highest BCUT2D eigenvalue weighted by Gasteiger charge is 2.33. The Morgan fingerprint density at radius 3 is 2.61 bits per heavy atom. The molecule has 3 aromatic heterocycles. The molecule has 0 atom stereocenters. The van der Waals surface area contributed by atoms with Crippen molar-refractivity contribution in [2.75, 3.05) is 11.1 Å². The predicted octanol–water partition coefficient (Wildman–Crippen LogP) is 0.884. The van der Waals surface area contributed by atoms with Crippen LogP contribution in [0.25, 0.3) is 11.2 Å². The van der Waals surface area contributed by atoms with E-state index in [4.69, 9.17) is 0 Å². The Morgan fingerprint density at radius 1 is 1.21 bits per heavy atom. The molecule has 0 aliphatic heterocycles. The summed E-state index contributed by atoms with van der Waals surface area (Å²) >= 11 is 0. The van der Waals surface area contributed by atoms with Crippen molar-refractivity contribution in [3.8, 4) is 11.8 Å². The van der Waals surface area contributed by atoms with Gasteiger partial charge in [-0.3, -0.25) is 13.9 Å². The molecule has 0 spiro atoms. The molecule has 174 valence electrons. The van der Waals surface area contributed by atoms with Crippen LogP contribution in [-0.2, 0) is 30.5 Å². The second-order valence-corrected chi connectivity index (χ2v) is 10.5. The fourth-order valence-electron chi connectivity index (χ4n) is 3.60. The van der Waals surface area contributed by atoms with Gasteiger partial charge in [-0.15, -0.1) is 0 Å². The van der Waals surface area contributed by atoms with Gasteiger partial charge in [0.1, 0.15) is 5.82 Å². The van der Waals surface area contributed by atoms with E-state index in [0.717, 1.165) is 17.4 Å². The SMILES string of the molecule is CC(C)Nc1cc(C#CCn2c(=O)n(C)c(=O)c3c2nc(S(=O)(=O)CC2CC2)n3C)ccn1. The van der Waals surface area contributed by atoms with E-state index in [1.54, 1.807) is 18.3 Å². The summed E-state index contributed by atoms with van der Waals surface area (Å²) in [5.74, 6) is 6.72. The molecule has 3 heterocycles. The van der Waals surface area contributed by atoms with Gasteiger partial charge in [-0.05, 0) is 44.7 Å². The number of aryl methyl sites for hydroxylation is 1. The molecule has 1 N–H and O–H groups in total. The lowest BCUT2D eigenvalue weighted by molar-refractivity contribution is 0.576. The van der Waals surface area contributed by atoms with Gasteiger partial charge in [-0.25, -0.2) is 18.2 Å². The largest absolute Gasteiger partial charge is 0.368 e. The quantitative estimate of drug-likeness (QED) is 0.531. The predicted molar refractivity (Wildman–Crippen MR) is 125 cm³/mol. The van der Waals surface area contributed by atoms with Crippen LogP contribution in [0.15, 0.2) is 33.1 Å². The van der Waals surface area contributed by atoms with Gasteiger partial charge in [0, 0.05) is 31.9 Å². The van der Waals surface area contributed by atoms with Crippen LogP contribution in [0, 0.1) is 17.8 Å². The van der Waals surface area contributed by atoms with Crippen molar-refractivity contribution in [2.45, 2.75) is 44.4 Å². The van der Waals surface area contributed by atoms with Crippen LogP contribution in [0.3, 0.4) is 0 Å². The fraction of sp³-hybridized carbons (Fsp3) is 0.455. The molecule has 3 aromatic rings. The standard InChI is InChI=1S/C22H26N6O4S/c1-14(2)24-17-12-15(9-10-23-17)6-5-11-28-19-18(20(29)27(4)22(28)30)26(3)21(25-19)33(31,32)13-16-7-8-16/h9-10,12,14,16H,7-8,11,13H2,1-4H3,(H,23,24). The van der Waals surface area contributed by atoms with Crippen molar-refractivity contribution in [1.29, 1.82) is 0 Å². The van der Waals surface area contributed by atoms with Gasteiger partial charge in [0.05, 0.1) is 12.3 Å². The van der Waals surface area contributed by atoms with Crippen molar-refractivity contribution in [3.05, 3.63) is 44.7 Å². The molecule has 11 heteroatoms. The van der Waals surface area contributed by atoms with E-state index in [-0.39, 0.29) is 40.6 Å². The highest BCUT2D eigenvalue weighted by molar-refractivity contribution is 7.91. The van der Waals surface area contributed by atoms with Crippen LogP contribution in [0.5, 0.6) is 0 Å². The zero-order valence-electron chi connectivity index (χ0n) is 19.0. The molecule has 4 rings (SSSR count). The van der Waals surface area contributed by atoms with Crippen LogP contribution < -0.4 is 16.6 Å². The first-order valence-electron chi connectivity index (χ1n) is 10.7. The number of nitrogens with zero attached hydrogens (tertiary/aromatic N) is 5. The van der Waals surface area contributed by atoms with Crippen LogP contribution in [0.2, 0.25) is 0 Å². The Labute approximate surface area is 191 Å². The van der Waals surface area contributed by atoms with Crippen LogP contribution in [-0.4, -0.2) is 43.9 Å². The second kappa shape index (κ2) is 8.51. The Balaban J connectivity index is 1.76. The number of anilines is 1. The number of rotatable bonds is 6. The van der Waals surface area contributed by atoms with Crippen molar-refractivity contribution >= 4 is 26.8 Å². The van der Waals surface area contributed by atoms with E-state index in [1.807, 2.05) is 13.8 Å². The minimum atomic E-state index is -3.69. The molecular weight excluding hydrogens is 444 g/mol. The highest BCUT2D eigenvalue weighted by Crippen LogP contribution is 2.32. The summed E-state index contributed by atoms with van der Waals surface area (Å²) in [7, 11) is -0.852. The Kier molecular flexibility index (Phi) is 5.88. The first kappa shape index (κ1) is 22.8. The molecule has 1 saturated carbocycles. The molecule has 1 aliphatic carbocycles. The molecule has 0 saturated heterocycles. The molecule has 0 bridgehead atoms. The maximum absolute atomic E-state index is 12.9. The van der Waals surface area contributed by atoms with Gasteiger partial charge in [-0.1, -0.05) is 11.8 Å². The van der Waals surface area contributed by atoms with Crippen molar-refractivity contribution < 1.29 is 8.42 Å². The van der Waals surface area contributed by atoms with Crippen molar-refractivity contribution in [2.24, 2.45) is 20.0 Å². The molecule has 1 fully saturated rings. The van der Waals surface area contributed by atoms with Crippen LogP contribution in [0.4, 0.5) is 5.82 Å². The third-order valence-electron chi connectivity index (χ3n) is 5.41. The molecule has 0 unspecified atom stereocenters. The second-order valence-electron chi connectivity index (χ2n) is 8.61. The van der Waals surface area contributed by atoms with Gasteiger partial charge in [0.25, 0.3) is 5.56 Å². The number of fused-ring (bicyclic) bond motifs is 1. The van der Waals surface area contributed by atoms with Gasteiger partial charge in [0.2, 0.25) is 15.0 Å². The lowest BCUT2D eigenvalue weighted by Crippen LogP contribution is -2.38. The number of aromatic nitrogens is 5. The Hall–Kier alpha value is -3.39. The number of sulfone groups is 1. The average Bonchev–Trinajstić information content (AvgIpc) is 3.47. The molecule has 1 aliphatic rings. The first-order valence-corrected chi connectivity index (χ1v) is 12.3. The zero-order valence-corrected chi connectivity index (χ0v) is 19.8. The smallest absolute Gasteiger partial charge is 0.333 e. The molecule has 10 nitrogen and oxygen atoms in total. The van der Waals surface area contributed by atoms with Crippen molar-refractivity contribution in [1.82, 2.24) is 23.7 Å². The molecule has 0 amide bonds. The molecule has 0 radical (unpaired) electrons. The van der Waals surface area contributed by atoms with Crippen molar-refractivity contribution in [3.63, 3.8) is 0 Å². The van der Waals surface area contributed by atoms with Gasteiger partial charge < -0.3 is 9.88 Å². The number of hydrogen-bond acceptors (Lipinski definition) is 7. The maximum atomic E-state index is 12.9. The van der Waals surface area contributed by atoms with Gasteiger partial charge in [-0.2, -0.15) is 4.98 Å². The summed E-state index contributed by atoms with van der Waals surface area (Å²) in [6.45, 7) is 3.95. The average molecular weight is 471 g/mol. The highest BCUT2D eigenvalue weighted by atomic mass is 32.2. The third kappa shape index (κ3) is 4.57. The monoisotopic (exact) mass is 470 g/mol. The minimum absolute atomic E-state index is 0.0106. The normalized spacial score (nSPS) is 13.8. The zero-order chi connectivity index (χ0) is 23.9. The lowest BCUT2D eigenvalue weighted by atomic mass is 10.2. The minimum Gasteiger partial charge on any atom is -0.368 e.